The van der Waals surface area contributed by atoms with E-state index in [0.717, 1.165) is 55.3 Å². The SMILES string of the molecule is CCCc1cc(C2(Cc3ccccc3)CCN(S(=O)(=O)C3CC3)C2)c(C)cc1N(N)c1ccc(F)cc1. The Bertz CT molecular complexity index is 1360. The summed E-state index contributed by atoms with van der Waals surface area (Å²) in [7, 11) is -3.26. The van der Waals surface area contributed by atoms with E-state index < -0.39 is 10.0 Å². The average Bonchev–Trinajstić information content (AvgIpc) is 3.67. The van der Waals surface area contributed by atoms with Gasteiger partial charge in [0.15, 0.2) is 0 Å². The van der Waals surface area contributed by atoms with Crippen molar-refractivity contribution in [1.82, 2.24) is 4.31 Å². The van der Waals surface area contributed by atoms with Crippen molar-refractivity contribution in [2.75, 3.05) is 18.1 Å². The number of hydrogen-bond acceptors (Lipinski definition) is 4. The predicted octanol–water partition coefficient (Wildman–Crippen LogP) is 5.78. The Hall–Kier alpha value is -2.74. The topological polar surface area (TPSA) is 66.6 Å². The van der Waals surface area contributed by atoms with Crippen molar-refractivity contribution in [2.24, 2.45) is 5.84 Å². The molecule has 2 fully saturated rings. The van der Waals surface area contributed by atoms with Gasteiger partial charge < -0.3 is 0 Å². The van der Waals surface area contributed by atoms with Gasteiger partial charge in [-0.05, 0) is 91.6 Å². The highest BCUT2D eigenvalue weighted by Crippen LogP contribution is 2.44. The zero-order valence-electron chi connectivity index (χ0n) is 21.7. The molecule has 7 heteroatoms. The van der Waals surface area contributed by atoms with E-state index in [4.69, 9.17) is 5.84 Å². The molecule has 0 amide bonds. The minimum Gasteiger partial charge on any atom is -0.279 e. The van der Waals surface area contributed by atoms with Crippen LogP contribution in [0.2, 0.25) is 0 Å². The van der Waals surface area contributed by atoms with Crippen molar-refractivity contribution in [3.63, 3.8) is 0 Å². The van der Waals surface area contributed by atoms with Crippen LogP contribution in [0.3, 0.4) is 0 Å². The Kier molecular flexibility index (Phi) is 7.14. The highest BCUT2D eigenvalue weighted by atomic mass is 32.2. The Labute approximate surface area is 220 Å². The molecule has 2 aliphatic rings. The number of aryl methyl sites for hydroxylation is 2. The van der Waals surface area contributed by atoms with E-state index in [1.165, 1.54) is 23.3 Å². The van der Waals surface area contributed by atoms with Crippen LogP contribution in [-0.4, -0.2) is 31.1 Å². The molecule has 0 spiro atoms. The molecule has 0 radical (unpaired) electrons. The standard InChI is InChI=1S/C30H36FN3O2S/c1-3-7-24-19-28(22(2)18-29(24)34(32)26-12-10-25(31)11-13-26)30(20-23-8-5-4-6-9-23)16-17-33(21-30)37(35,36)27-14-15-27/h4-6,8-13,18-19,27H,3,7,14-17,20-21,32H2,1-2H3. The van der Waals surface area contributed by atoms with Crippen LogP contribution in [0.4, 0.5) is 15.8 Å². The third-order valence-corrected chi connectivity index (χ3v) is 10.2. The Morgan fingerprint density at radius 1 is 1.08 bits per heavy atom. The molecule has 1 atom stereocenters. The summed E-state index contributed by atoms with van der Waals surface area (Å²) in [4.78, 5) is 0. The third-order valence-electron chi connectivity index (χ3n) is 7.89. The lowest BCUT2D eigenvalue weighted by atomic mass is 9.72. The largest absolute Gasteiger partial charge is 0.279 e. The summed E-state index contributed by atoms with van der Waals surface area (Å²) < 4.78 is 41.7. The molecular formula is C30H36FN3O2S. The van der Waals surface area contributed by atoms with Crippen LogP contribution in [0.15, 0.2) is 66.7 Å². The molecule has 3 aromatic rings. The van der Waals surface area contributed by atoms with Crippen molar-refractivity contribution >= 4 is 21.4 Å². The van der Waals surface area contributed by atoms with Gasteiger partial charge in [0.1, 0.15) is 5.82 Å². The van der Waals surface area contributed by atoms with Crippen LogP contribution in [0, 0.1) is 12.7 Å². The van der Waals surface area contributed by atoms with Gasteiger partial charge in [0.25, 0.3) is 0 Å². The molecule has 5 rings (SSSR count). The first-order valence-electron chi connectivity index (χ1n) is 13.2. The third kappa shape index (κ3) is 5.17. The van der Waals surface area contributed by atoms with Crippen LogP contribution in [0.1, 0.15) is 54.9 Å². The van der Waals surface area contributed by atoms with Gasteiger partial charge in [0.05, 0.1) is 16.6 Å². The molecule has 1 aliphatic carbocycles. The second-order valence-electron chi connectivity index (χ2n) is 10.7. The van der Waals surface area contributed by atoms with E-state index in [2.05, 4.69) is 38.1 Å². The average molecular weight is 522 g/mol. The molecule has 2 N–H and O–H groups in total. The van der Waals surface area contributed by atoms with Crippen molar-refractivity contribution in [3.05, 3.63) is 94.8 Å². The molecule has 1 heterocycles. The Morgan fingerprint density at radius 3 is 2.43 bits per heavy atom. The fraction of sp³-hybridized carbons (Fsp3) is 0.400. The minimum absolute atomic E-state index is 0.208. The maximum atomic E-state index is 13.5. The molecule has 0 bridgehead atoms. The smallest absolute Gasteiger partial charge is 0.217 e. The van der Waals surface area contributed by atoms with E-state index in [1.54, 1.807) is 21.4 Å². The molecule has 5 nitrogen and oxygen atoms in total. The van der Waals surface area contributed by atoms with Crippen LogP contribution >= 0.6 is 0 Å². The number of hydrazine groups is 1. The summed E-state index contributed by atoms with van der Waals surface area (Å²) in [6.07, 6.45) is 4.89. The Morgan fingerprint density at radius 2 is 1.78 bits per heavy atom. The van der Waals surface area contributed by atoms with Crippen molar-refractivity contribution < 1.29 is 12.8 Å². The zero-order valence-corrected chi connectivity index (χ0v) is 22.5. The number of halogens is 1. The van der Waals surface area contributed by atoms with E-state index in [1.807, 2.05) is 18.2 Å². The summed E-state index contributed by atoms with van der Waals surface area (Å²) in [5, 5.41) is 1.42. The van der Waals surface area contributed by atoms with Crippen molar-refractivity contribution in [2.45, 2.75) is 63.0 Å². The quantitative estimate of drug-likeness (QED) is 0.286. The lowest BCUT2D eigenvalue weighted by Gasteiger charge is -2.34. The first kappa shape index (κ1) is 25.9. The lowest BCUT2D eigenvalue weighted by molar-refractivity contribution is 0.412. The summed E-state index contributed by atoms with van der Waals surface area (Å²) in [5.41, 5.74) is 5.91. The summed E-state index contributed by atoms with van der Waals surface area (Å²) in [6, 6.07) is 20.9. The number of nitrogens with two attached hydrogens (primary N) is 1. The van der Waals surface area contributed by atoms with Crippen LogP contribution in [-0.2, 0) is 28.3 Å². The highest BCUT2D eigenvalue weighted by molar-refractivity contribution is 7.90. The number of benzene rings is 3. The van der Waals surface area contributed by atoms with Gasteiger partial charge >= 0.3 is 0 Å². The number of sulfonamides is 1. The fourth-order valence-corrected chi connectivity index (χ4v) is 7.74. The number of hydrogen-bond donors (Lipinski definition) is 1. The van der Waals surface area contributed by atoms with Gasteiger partial charge in [0, 0.05) is 18.5 Å². The van der Waals surface area contributed by atoms with E-state index in [-0.39, 0.29) is 16.5 Å². The van der Waals surface area contributed by atoms with Crippen molar-refractivity contribution in [3.8, 4) is 0 Å². The minimum atomic E-state index is -3.26. The summed E-state index contributed by atoms with van der Waals surface area (Å²) in [5.74, 6) is 6.27. The maximum absolute atomic E-state index is 13.5. The monoisotopic (exact) mass is 521 g/mol. The lowest BCUT2D eigenvalue weighted by Crippen LogP contribution is -2.38. The van der Waals surface area contributed by atoms with Gasteiger partial charge in [-0.25, -0.2) is 23.0 Å². The number of rotatable bonds is 9. The summed E-state index contributed by atoms with van der Waals surface area (Å²) in [6.45, 7) is 5.28. The molecule has 37 heavy (non-hydrogen) atoms. The molecular weight excluding hydrogens is 485 g/mol. The Balaban J connectivity index is 1.58. The fourth-order valence-electron chi connectivity index (χ4n) is 5.82. The molecule has 1 saturated heterocycles. The van der Waals surface area contributed by atoms with Crippen molar-refractivity contribution in [1.29, 1.82) is 0 Å². The zero-order chi connectivity index (χ0) is 26.2. The molecule has 0 aromatic heterocycles. The van der Waals surface area contributed by atoms with Gasteiger partial charge in [-0.2, -0.15) is 0 Å². The molecule has 1 unspecified atom stereocenters. The molecule has 1 aliphatic heterocycles. The normalized spacial score (nSPS) is 20.3. The van der Waals surface area contributed by atoms with Crippen LogP contribution in [0.25, 0.3) is 0 Å². The summed E-state index contributed by atoms with van der Waals surface area (Å²) >= 11 is 0. The predicted molar refractivity (Wildman–Crippen MR) is 148 cm³/mol. The second kappa shape index (κ2) is 10.2. The van der Waals surface area contributed by atoms with E-state index >= 15 is 0 Å². The maximum Gasteiger partial charge on any atom is 0.217 e. The van der Waals surface area contributed by atoms with E-state index in [9.17, 15) is 12.8 Å². The van der Waals surface area contributed by atoms with E-state index in [0.29, 0.717) is 18.8 Å². The van der Waals surface area contributed by atoms with Gasteiger partial charge in [0.2, 0.25) is 10.0 Å². The molecule has 1 saturated carbocycles. The first-order chi connectivity index (χ1) is 17.7. The molecule has 196 valence electrons. The van der Waals surface area contributed by atoms with Gasteiger partial charge in [-0.3, -0.25) is 5.01 Å². The van der Waals surface area contributed by atoms with Gasteiger partial charge in [-0.1, -0.05) is 49.7 Å². The van der Waals surface area contributed by atoms with Crippen LogP contribution in [0.5, 0.6) is 0 Å². The molecule has 3 aromatic carbocycles. The second-order valence-corrected chi connectivity index (χ2v) is 12.9. The first-order valence-corrected chi connectivity index (χ1v) is 14.7. The van der Waals surface area contributed by atoms with Crippen LogP contribution < -0.4 is 10.9 Å². The van der Waals surface area contributed by atoms with Gasteiger partial charge in [-0.15, -0.1) is 0 Å². The number of nitrogens with zero attached hydrogens (tertiary/aromatic N) is 2. The number of anilines is 2. The highest BCUT2D eigenvalue weighted by Gasteiger charge is 2.49.